The molecule has 0 aliphatic rings. The van der Waals surface area contributed by atoms with Crippen LogP contribution in [0.15, 0.2) is 53.0 Å². The average Bonchev–Trinajstić information content (AvgIpc) is 2.58. The van der Waals surface area contributed by atoms with Crippen molar-refractivity contribution in [1.29, 1.82) is 0 Å². The second-order valence-corrected chi connectivity index (χ2v) is 6.91. The molecular weight excluding hydrogens is 484 g/mol. The largest absolute Gasteiger partial charge is 2.00 e. The van der Waals surface area contributed by atoms with E-state index in [2.05, 4.69) is 31.8 Å². The maximum Gasteiger partial charge on any atom is 2.00 e. The molecule has 0 fully saturated rings. The van der Waals surface area contributed by atoms with Crippen LogP contribution in [0.4, 0.5) is 0 Å². The number of ether oxygens (including phenoxy) is 2. The molecule has 0 aliphatic carbocycles. The third-order valence-electron chi connectivity index (χ3n) is 3.12. The van der Waals surface area contributed by atoms with Crippen molar-refractivity contribution in [2.45, 2.75) is 0 Å². The standard InChI is InChI=1S/C10H14BrNO.C10H14NO.BrH.Mg/c1-12(2)7-8-13-10-5-3-9(11)4-6-10;1-11(2)8-9-12-10-6-4-3-5-7-10;;/h3-6H,7-8H2,1-2H3;4-7H,8-9H2,1-2H3;1H;/q;-1;;+2/p-1. The summed E-state index contributed by atoms with van der Waals surface area (Å²) in [4.78, 5) is 4.19. The predicted octanol–water partition coefficient (Wildman–Crippen LogP) is 0.440. The molecule has 146 valence electrons. The molecule has 2 rings (SSSR count). The minimum atomic E-state index is 0. The maximum atomic E-state index is 5.51. The molecule has 0 aliphatic heterocycles. The molecule has 0 saturated heterocycles. The Labute approximate surface area is 199 Å². The van der Waals surface area contributed by atoms with E-state index in [1.165, 1.54) is 0 Å². The summed E-state index contributed by atoms with van der Waals surface area (Å²) in [6.07, 6.45) is 0. The Bertz CT molecular complexity index is 570. The number of benzene rings is 2. The molecule has 4 nitrogen and oxygen atoms in total. The Morgan fingerprint density at radius 1 is 0.778 bits per heavy atom. The van der Waals surface area contributed by atoms with Crippen LogP contribution in [0.2, 0.25) is 0 Å². The number of hydrogen-bond donors (Lipinski definition) is 0. The van der Waals surface area contributed by atoms with Crippen LogP contribution in [0.25, 0.3) is 0 Å². The Morgan fingerprint density at radius 2 is 1.19 bits per heavy atom. The van der Waals surface area contributed by atoms with Crippen LogP contribution in [0.3, 0.4) is 0 Å². The molecule has 0 amide bonds. The van der Waals surface area contributed by atoms with Crippen LogP contribution in [0.1, 0.15) is 0 Å². The smallest absolute Gasteiger partial charge is 1.00 e. The van der Waals surface area contributed by atoms with Gasteiger partial charge in [-0.25, -0.2) is 0 Å². The molecular formula is C20H28Br2MgN2O2. The Hall–Kier alpha value is -0.314. The van der Waals surface area contributed by atoms with Crippen LogP contribution >= 0.6 is 15.9 Å². The van der Waals surface area contributed by atoms with Gasteiger partial charge in [-0.05, 0) is 52.5 Å². The van der Waals surface area contributed by atoms with Crippen LogP contribution in [-0.4, -0.2) is 87.3 Å². The summed E-state index contributed by atoms with van der Waals surface area (Å²) in [6.45, 7) is 3.35. The van der Waals surface area contributed by atoms with E-state index < -0.39 is 0 Å². The van der Waals surface area contributed by atoms with E-state index >= 15 is 0 Å². The van der Waals surface area contributed by atoms with E-state index in [0.29, 0.717) is 0 Å². The zero-order chi connectivity index (χ0) is 18.5. The number of rotatable bonds is 8. The first-order valence-corrected chi connectivity index (χ1v) is 9.03. The Kier molecular flexibility index (Phi) is 19.0. The van der Waals surface area contributed by atoms with E-state index in [9.17, 15) is 0 Å². The number of hydrogen-bond acceptors (Lipinski definition) is 4. The monoisotopic (exact) mass is 510 g/mol. The summed E-state index contributed by atoms with van der Waals surface area (Å²) in [5.74, 6) is 1.83. The quantitative estimate of drug-likeness (QED) is 0.379. The normalized spacial score (nSPS) is 9.59. The summed E-state index contributed by atoms with van der Waals surface area (Å²) < 4.78 is 12.0. The Balaban J connectivity index is 0. The number of nitrogens with zero attached hydrogens (tertiary/aromatic N) is 2. The molecule has 2 aromatic carbocycles. The van der Waals surface area contributed by atoms with Gasteiger partial charge >= 0.3 is 23.1 Å². The summed E-state index contributed by atoms with van der Waals surface area (Å²) in [5.41, 5.74) is 0. The van der Waals surface area contributed by atoms with Gasteiger partial charge in [0.25, 0.3) is 0 Å². The summed E-state index contributed by atoms with van der Waals surface area (Å²) in [5, 5.41) is 0. The van der Waals surface area contributed by atoms with E-state index in [0.717, 1.165) is 42.3 Å². The molecule has 2 aromatic rings. The van der Waals surface area contributed by atoms with Crippen molar-refractivity contribution in [3.05, 3.63) is 59.1 Å². The van der Waals surface area contributed by atoms with Gasteiger partial charge < -0.3 is 36.3 Å². The molecule has 0 bridgehead atoms. The molecule has 0 heterocycles. The zero-order valence-corrected chi connectivity index (χ0v) is 21.2. The van der Waals surface area contributed by atoms with E-state index in [-0.39, 0.29) is 40.0 Å². The van der Waals surface area contributed by atoms with Gasteiger partial charge in [-0.3, -0.25) is 0 Å². The molecule has 0 radical (unpaired) electrons. The van der Waals surface area contributed by atoms with E-state index in [1.54, 1.807) is 0 Å². The van der Waals surface area contributed by atoms with E-state index in [4.69, 9.17) is 9.47 Å². The van der Waals surface area contributed by atoms with Gasteiger partial charge in [-0.15, -0.1) is 12.1 Å². The van der Waals surface area contributed by atoms with Crippen molar-refractivity contribution in [3.63, 3.8) is 0 Å². The van der Waals surface area contributed by atoms with E-state index in [1.807, 2.05) is 76.7 Å². The predicted molar refractivity (Wildman–Crippen MR) is 113 cm³/mol. The number of halogens is 2. The van der Waals surface area contributed by atoms with Gasteiger partial charge in [0, 0.05) is 23.3 Å². The van der Waals surface area contributed by atoms with Crippen LogP contribution in [0.5, 0.6) is 11.5 Å². The van der Waals surface area contributed by atoms with Gasteiger partial charge in [0.15, 0.2) is 0 Å². The van der Waals surface area contributed by atoms with Crippen LogP contribution in [0, 0.1) is 6.07 Å². The second kappa shape index (κ2) is 17.8. The topological polar surface area (TPSA) is 24.9 Å². The molecule has 0 saturated carbocycles. The van der Waals surface area contributed by atoms with Crippen molar-refractivity contribution in [2.75, 3.05) is 54.5 Å². The fourth-order valence-corrected chi connectivity index (χ4v) is 1.96. The minimum Gasteiger partial charge on any atom is -1.00 e. The molecule has 0 N–H and O–H groups in total. The Morgan fingerprint density at radius 3 is 1.59 bits per heavy atom. The first-order chi connectivity index (χ1) is 12.0. The van der Waals surface area contributed by atoms with Crippen molar-refractivity contribution in [2.24, 2.45) is 0 Å². The van der Waals surface area contributed by atoms with Gasteiger partial charge in [0.05, 0.1) is 6.61 Å². The minimum absolute atomic E-state index is 0. The fraction of sp³-hybridized carbons (Fsp3) is 0.400. The number of likely N-dealkylation sites (N-methyl/N-ethyl adjacent to an activating group) is 2. The fourth-order valence-electron chi connectivity index (χ4n) is 1.69. The molecule has 0 atom stereocenters. The van der Waals surface area contributed by atoms with Gasteiger partial charge in [-0.2, -0.15) is 18.2 Å². The SMILES string of the molecule is CN(C)CCOc1cc[c-]cc1.CN(C)CCOc1ccc(Br)cc1.[Br-].[Mg+2]. The van der Waals surface area contributed by atoms with Crippen molar-refractivity contribution in [3.8, 4) is 11.5 Å². The van der Waals surface area contributed by atoms with Crippen LogP contribution < -0.4 is 26.5 Å². The first kappa shape index (κ1) is 28.9. The summed E-state index contributed by atoms with van der Waals surface area (Å²) >= 11 is 3.37. The molecule has 0 unspecified atom stereocenters. The molecule has 7 heteroatoms. The first-order valence-electron chi connectivity index (χ1n) is 8.24. The van der Waals surface area contributed by atoms with Crippen molar-refractivity contribution >= 4 is 39.0 Å². The van der Waals surface area contributed by atoms with Crippen LogP contribution in [-0.2, 0) is 0 Å². The van der Waals surface area contributed by atoms with Gasteiger partial charge in [-0.1, -0.05) is 15.9 Å². The van der Waals surface area contributed by atoms with Crippen molar-refractivity contribution < 1.29 is 26.5 Å². The van der Waals surface area contributed by atoms with Gasteiger partial charge in [0.1, 0.15) is 12.4 Å². The molecule has 27 heavy (non-hydrogen) atoms. The molecule has 0 aromatic heterocycles. The molecule has 0 spiro atoms. The zero-order valence-electron chi connectivity index (χ0n) is 16.6. The second-order valence-electron chi connectivity index (χ2n) is 5.99. The van der Waals surface area contributed by atoms with Gasteiger partial charge in [0.2, 0.25) is 0 Å². The third-order valence-corrected chi connectivity index (χ3v) is 3.64. The maximum absolute atomic E-state index is 5.51. The summed E-state index contributed by atoms with van der Waals surface area (Å²) in [6, 6.07) is 18.3. The average molecular weight is 513 g/mol. The van der Waals surface area contributed by atoms with Crippen molar-refractivity contribution in [1.82, 2.24) is 9.80 Å². The third kappa shape index (κ3) is 16.4. The summed E-state index contributed by atoms with van der Waals surface area (Å²) in [7, 11) is 8.13.